The second-order valence-electron chi connectivity index (χ2n) is 3.76. The lowest BCUT2D eigenvalue weighted by atomic mass is 9.82. The van der Waals surface area contributed by atoms with Crippen LogP contribution in [-0.4, -0.2) is 12.7 Å². The van der Waals surface area contributed by atoms with Gasteiger partial charge in [-0.2, -0.15) is 0 Å². The molecule has 1 aliphatic heterocycles. The number of allylic oxidation sites excluding steroid dienone is 2. The number of hydrogen-bond acceptors (Lipinski definition) is 1. The van der Waals surface area contributed by atoms with Gasteiger partial charge in [0.05, 0.1) is 12.7 Å². The molecule has 0 amide bonds. The van der Waals surface area contributed by atoms with Crippen LogP contribution in [0.4, 0.5) is 0 Å². The lowest BCUT2D eigenvalue weighted by Crippen LogP contribution is -2.19. The SMILES string of the molecule is CCC1OCC2C(C)=CC=CC12. The van der Waals surface area contributed by atoms with E-state index in [1.807, 2.05) is 0 Å². The van der Waals surface area contributed by atoms with Gasteiger partial charge in [0.15, 0.2) is 0 Å². The van der Waals surface area contributed by atoms with E-state index >= 15 is 0 Å². The van der Waals surface area contributed by atoms with Crippen molar-refractivity contribution in [2.75, 3.05) is 6.61 Å². The van der Waals surface area contributed by atoms with E-state index in [0.717, 1.165) is 13.0 Å². The molecule has 0 aromatic heterocycles. The summed E-state index contributed by atoms with van der Waals surface area (Å²) in [7, 11) is 0. The van der Waals surface area contributed by atoms with E-state index in [-0.39, 0.29) is 0 Å². The Morgan fingerprint density at radius 3 is 3.17 bits per heavy atom. The summed E-state index contributed by atoms with van der Waals surface area (Å²) in [6.07, 6.45) is 8.29. The third-order valence-electron chi connectivity index (χ3n) is 3.06. The largest absolute Gasteiger partial charge is 0.377 e. The molecule has 0 spiro atoms. The van der Waals surface area contributed by atoms with Crippen LogP contribution in [0.2, 0.25) is 0 Å². The molecule has 12 heavy (non-hydrogen) atoms. The van der Waals surface area contributed by atoms with Crippen LogP contribution < -0.4 is 0 Å². The molecular weight excluding hydrogens is 148 g/mol. The molecule has 0 bridgehead atoms. The van der Waals surface area contributed by atoms with Crippen molar-refractivity contribution in [1.82, 2.24) is 0 Å². The van der Waals surface area contributed by atoms with E-state index in [1.165, 1.54) is 5.57 Å². The Kier molecular flexibility index (Phi) is 2.05. The molecule has 1 heterocycles. The van der Waals surface area contributed by atoms with Gasteiger partial charge in [-0.1, -0.05) is 30.7 Å². The minimum absolute atomic E-state index is 0.467. The maximum atomic E-state index is 5.73. The van der Waals surface area contributed by atoms with Gasteiger partial charge in [-0.15, -0.1) is 0 Å². The monoisotopic (exact) mass is 164 g/mol. The fraction of sp³-hybridized carbons (Fsp3) is 0.636. The van der Waals surface area contributed by atoms with Gasteiger partial charge in [0, 0.05) is 11.8 Å². The van der Waals surface area contributed by atoms with Crippen LogP contribution in [0.25, 0.3) is 0 Å². The molecule has 1 fully saturated rings. The first-order valence-corrected chi connectivity index (χ1v) is 4.79. The summed E-state index contributed by atoms with van der Waals surface area (Å²) in [6, 6.07) is 0. The third kappa shape index (κ3) is 1.13. The van der Waals surface area contributed by atoms with Crippen LogP contribution >= 0.6 is 0 Å². The first kappa shape index (κ1) is 8.06. The predicted molar refractivity (Wildman–Crippen MR) is 49.9 cm³/mol. The average molecular weight is 164 g/mol. The number of ether oxygens (including phenoxy) is 1. The van der Waals surface area contributed by atoms with Crippen LogP contribution in [0.1, 0.15) is 20.3 Å². The van der Waals surface area contributed by atoms with E-state index in [9.17, 15) is 0 Å². The van der Waals surface area contributed by atoms with Crippen molar-refractivity contribution in [3.8, 4) is 0 Å². The Hall–Kier alpha value is -0.560. The highest BCUT2D eigenvalue weighted by Gasteiger charge is 2.35. The van der Waals surface area contributed by atoms with E-state index in [0.29, 0.717) is 17.9 Å². The molecule has 0 saturated carbocycles. The Morgan fingerprint density at radius 2 is 2.42 bits per heavy atom. The zero-order valence-electron chi connectivity index (χ0n) is 7.79. The lowest BCUT2D eigenvalue weighted by Gasteiger charge is -2.21. The average Bonchev–Trinajstić information content (AvgIpc) is 2.49. The standard InChI is InChI=1S/C11H16O/c1-3-11-9-6-4-5-8(2)10(9)7-12-11/h4-6,9-11H,3,7H2,1-2H3. The summed E-state index contributed by atoms with van der Waals surface area (Å²) in [4.78, 5) is 0. The van der Waals surface area contributed by atoms with Crippen LogP contribution in [0.15, 0.2) is 23.8 Å². The van der Waals surface area contributed by atoms with E-state index in [4.69, 9.17) is 4.74 Å². The highest BCUT2D eigenvalue weighted by molar-refractivity contribution is 5.24. The Labute approximate surface area is 74.1 Å². The molecule has 1 nitrogen and oxygen atoms in total. The molecule has 3 atom stereocenters. The van der Waals surface area contributed by atoms with Crippen LogP contribution in [0.3, 0.4) is 0 Å². The van der Waals surface area contributed by atoms with Crippen LogP contribution in [-0.2, 0) is 4.74 Å². The van der Waals surface area contributed by atoms with E-state index in [2.05, 4.69) is 32.1 Å². The van der Waals surface area contributed by atoms with E-state index in [1.54, 1.807) is 0 Å². The number of rotatable bonds is 1. The van der Waals surface area contributed by atoms with Gasteiger partial charge in [0.2, 0.25) is 0 Å². The normalized spacial score (nSPS) is 39.5. The van der Waals surface area contributed by atoms with Crippen LogP contribution in [0, 0.1) is 11.8 Å². The van der Waals surface area contributed by atoms with Crippen molar-refractivity contribution in [1.29, 1.82) is 0 Å². The summed E-state index contributed by atoms with van der Waals surface area (Å²) in [6.45, 7) is 5.34. The quantitative estimate of drug-likeness (QED) is 0.578. The number of hydrogen-bond donors (Lipinski definition) is 0. The molecule has 1 heteroatoms. The molecule has 0 N–H and O–H groups in total. The first-order valence-electron chi connectivity index (χ1n) is 4.79. The molecule has 0 radical (unpaired) electrons. The van der Waals surface area contributed by atoms with Gasteiger partial charge in [-0.3, -0.25) is 0 Å². The Bertz CT molecular complexity index is 227. The van der Waals surface area contributed by atoms with Gasteiger partial charge in [-0.25, -0.2) is 0 Å². The van der Waals surface area contributed by atoms with Gasteiger partial charge in [-0.05, 0) is 13.3 Å². The molecule has 66 valence electrons. The maximum Gasteiger partial charge on any atom is 0.0642 e. The summed E-state index contributed by atoms with van der Waals surface area (Å²) < 4.78 is 5.73. The van der Waals surface area contributed by atoms with Crippen molar-refractivity contribution in [2.24, 2.45) is 11.8 Å². The summed E-state index contributed by atoms with van der Waals surface area (Å²) in [5.41, 5.74) is 1.48. The highest BCUT2D eigenvalue weighted by atomic mass is 16.5. The van der Waals surface area contributed by atoms with Gasteiger partial charge in [0.25, 0.3) is 0 Å². The topological polar surface area (TPSA) is 9.23 Å². The first-order chi connectivity index (χ1) is 5.83. The van der Waals surface area contributed by atoms with Gasteiger partial charge < -0.3 is 4.74 Å². The highest BCUT2D eigenvalue weighted by Crippen LogP contribution is 2.36. The zero-order chi connectivity index (χ0) is 8.55. The molecule has 1 saturated heterocycles. The smallest absolute Gasteiger partial charge is 0.0642 e. The minimum Gasteiger partial charge on any atom is -0.377 e. The Morgan fingerprint density at radius 1 is 1.58 bits per heavy atom. The fourth-order valence-corrected chi connectivity index (χ4v) is 2.25. The molecule has 2 aliphatic rings. The molecule has 0 aromatic carbocycles. The zero-order valence-corrected chi connectivity index (χ0v) is 7.79. The number of fused-ring (bicyclic) bond motifs is 1. The van der Waals surface area contributed by atoms with E-state index < -0.39 is 0 Å². The summed E-state index contributed by atoms with van der Waals surface area (Å²) in [5.74, 6) is 1.32. The van der Waals surface area contributed by atoms with Crippen molar-refractivity contribution in [3.05, 3.63) is 23.8 Å². The Balaban J connectivity index is 2.18. The van der Waals surface area contributed by atoms with Crippen molar-refractivity contribution in [2.45, 2.75) is 26.4 Å². The predicted octanol–water partition coefficient (Wildman–Crippen LogP) is 2.54. The van der Waals surface area contributed by atoms with Gasteiger partial charge >= 0.3 is 0 Å². The molecule has 0 aromatic rings. The lowest BCUT2D eigenvalue weighted by molar-refractivity contribution is 0.0951. The second kappa shape index (κ2) is 3.06. The molecule has 1 aliphatic carbocycles. The fourth-order valence-electron chi connectivity index (χ4n) is 2.25. The van der Waals surface area contributed by atoms with Crippen molar-refractivity contribution < 1.29 is 4.74 Å². The van der Waals surface area contributed by atoms with Crippen molar-refractivity contribution in [3.63, 3.8) is 0 Å². The summed E-state index contributed by atoms with van der Waals surface area (Å²) >= 11 is 0. The third-order valence-corrected chi connectivity index (χ3v) is 3.06. The van der Waals surface area contributed by atoms with Gasteiger partial charge in [0.1, 0.15) is 0 Å². The minimum atomic E-state index is 0.467. The van der Waals surface area contributed by atoms with Crippen molar-refractivity contribution >= 4 is 0 Å². The summed E-state index contributed by atoms with van der Waals surface area (Å²) in [5, 5.41) is 0. The van der Waals surface area contributed by atoms with Crippen LogP contribution in [0.5, 0.6) is 0 Å². The molecular formula is C11H16O. The molecule has 2 rings (SSSR count). The second-order valence-corrected chi connectivity index (χ2v) is 3.76. The molecule has 3 unspecified atom stereocenters. The maximum absolute atomic E-state index is 5.73.